The van der Waals surface area contributed by atoms with Gasteiger partial charge in [-0.2, -0.15) is 12.6 Å². The Morgan fingerprint density at radius 3 is 2.50 bits per heavy atom. The summed E-state index contributed by atoms with van der Waals surface area (Å²) in [5, 5.41) is 0. The average molecular weight is 208 g/mol. The maximum atomic E-state index is 4.23. The summed E-state index contributed by atoms with van der Waals surface area (Å²) in [6.45, 7) is 2.34. The van der Waals surface area contributed by atoms with Crippen LogP contribution in [0.4, 0.5) is 0 Å². The van der Waals surface area contributed by atoms with Gasteiger partial charge in [0, 0.05) is 0 Å². The monoisotopic (exact) mass is 208 g/mol. The van der Waals surface area contributed by atoms with Crippen LogP contribution in [0.25, 0.3) is 0 Å². The van der Waals surface area contributed by atoms with Crippen LogP contribution in [0.1, 0.15) is 31.7 Å². The molecule has 78 valence electrons. The second-order valence-corrected chi connectivity index (χ2v) is 4.44. The van der Waals surface area contributed by atoms with Crippen LogP contribution in [0.5, 0.6) is 0 Å². The Hall–Kier alpha value is -0.430. The molecule has 0 amide bonds. The molecular weight excluding hydrogens is 188 g/mol. The molecule has 0 aliphatic heterocycles. The molecule has 1 rings (SSSR count). The third-order valence-electron chi connectivity index (χ3n) is 2.62. The topological polar surface area (TPSA) is 0 Å². The van der Waals surface area contributed by atoms with E-state index in [0.717, 1.165) is 11.7 Å². The van der Waals surface area contributed by atoms with Gasteiger partial charge in [0.05, 0.1) is 0 Å². The summed E-state index contributed by atoms with van der Waals surface area (Å²) in [5.41, 5.74) is 1.46. The van der Waals surface area contributed by atoms with Gasteiger partial charge in [-0.15, -0.1) is 0 Å². The fourth-order valence-electron chi connectivity index (χ4n) is 1.64. The summed E-state index contributed by atoms with van der Waals surface area (Å²) in [7, 11) is 0. The summed E-state index contributed by atoms with van der Waals surface area (Å²) < 4.78 is 0. The molecule has 0 aliphatic rings. The van der Waals surface area contributed by atoms with E-state index in [0.29, 0.717) is 0 Å². The fraction of sp³-hybridized carbons (Fsp3) is 0.538. The van der Waals surface area contributed by atoms with Crippen molar-refractivity contribution in [2.24, 2.45) is 5.92 Å². The molecule has 0 spiro atoms. The van der Waals surface area contributed by atoms with E-state index in [1.165, 1.54) is 31.2 Å². The molecule has 14 heavy (non-hydrogen) atoms. The zero-order valence-electron chi connectivity index (χ0n) is 8.95. The van der Waals surface area contributed by atoms with Crippen molar-refractivity contribution in [1.29, 1.82) is 0 Å². The van der Waals surface area contributed by atoms with Crippen molar-refractivity contribution in [1.82, 2.24) is 0 Å². The third-order valence-corrected chi connectivity index (χ3v) is 2.94. The van der Waals surface area contributed by atoms with Gasteiger partial charge < -0.3 is 0 Å². The van der Waals surface area contributed by atoms with Crippen LogP contribution < -0.4 is 0 Å². The molecule has 1 aromatic rings. The lowest BCUT2D eigenvalue weighted by molar-refractivity contribution is 0.488. The van der Waals surface area contributed by atoms with Crippen LogP contribution in [0.15, 0.2) is 30.3 Å². The molecule has 0 saturated carbocycles. The van der Waals surface area contributed by atoms with Gasteiger partial charge in [-0.3, -0.25) is 0 Å². The second kappa shape index (κ2) is 6.94. The first-order chi connectivity index (χ1) is 6.83. The molecular formula is C13H20S. The molecule has 1 atom stereocenters. The van der Waals surface area contributed by atoms with Gasteiger partial charge in [-0.25, -0.2) is 0 Å². The van der Waals surface area contributed by atoms with Crippen LogP contribution in [-0.4, -0.2) is 5.75 Å². The first kappa shape index (κ1) is 11.6. The summed E-state index contributed by atoms with van der Waals surface area (Å²) >= 11 is 4.23. The average Bonchev–Trinajstić information content (AvgIpc) is 2.25. The predicted molar refractivity (Wildman–Crippen MR) is 67.0 cm³/mol. The van der Waals surface area contributed by atoms with E-state index in [2.05, 4.69) is 49.9 Å². The van der Waals surface area contributed by atoms with Crippen LogP contribution >= 0.6 is 12.6 Å². The van der Waals surface area contributed by atoms with Gasteiger partial charge in [-0.1, -0.05) is 37.3 Å². The lowest BCUT2D eigenvalue weighted by Crippen LogP contribution is -1.97. The van der Waals surface area contributed by atoms with E-state index in [4.69, 9.17) is 0 Å². The quantitative estimate of drug-likeness (QED) is 0.672. The SMILES string of the molecule is CC(CCCS)CCc1ccccc1. The molecule has 0 aliphatic carbocycles. The minimum Gasteiger partial charge on any atom is -0.179 e. The molecule has 0 bridgehead atoms. The first-order valence-electron chi connectivity index (χ1n) is 5.47. The van der Waals surface area contributed by atoms with Crippen LogP contribution in [0, 0.1) is 5.92 Å². The number of hydrogen-bond acceptors (Lipinski definition) is 1. The van der Waals surface area contributed by atoms with Gasteiger partial charge in [0.15, 0.2) is 0 Å². The first-order valence-corrected chi connectivity index (χ1v) is 6.11. The Labute approximate surface area is 93.1 Å². The van der Waals surface area contributed by atoms with E-state index >= 15 is 0 Å². The lowest BCUT2D eigenvalue weighted by atomic mass is 9.97. The molecule has 0 aromatic heterocycles. The van der Waals surface area contributed by atoms with Gasteiger partial charge in [0.1, 0.15) is 0 Å². The van der Waals surface area contributed by atoms with Crippen molar-refractivity contribution in [2.45, 2.75) is 32.6 Å². The van der Waals surface area contributed by atoms with Crippen molar-refractivity contribution in [3.8, 4) is 0 Å². The molecule has 1 heteroatoms. The molecule has 0 nitrogen and oxygen atoms in total. The molecule has 1 unspecified atom stereocenters. The Morgan fingerprint density at radius 1 is 1.14 bits per heavy atom. The smallest absolute Gasteiger partial charge is 0.00978 e. The van der Waals surface area contributed by atoms with Gasteiger partial charge in [-0.05, 0) is 42.9 Å². The van der Waals surface area contributed by atoms with E-state index < -0.39 is 0 Å². The minimum atomic E-state index is 0.836. The highest BCUT2D eigenvalue weighted by Gasteiger charge is 2.01. The standard InChI is InChI=1S/C13H20S/c1-12(6-5-11-14)9-10-13-7-3-2-4-8-13/h2-4,7-8,12,14H,5-6,9-11H2,1H3. The number of rotatable bonds is 6. The van der Waals surface area contributed by atoms with Gasteiger partial charge in [0.25, 0.3) is 0 Å². The summed E-state index contributed by atoms with van der Waals surface area (Å²) in [5.74, 6) is 1.86. The highest BCUT2D eigenvalue weighted by molar-refractivity contribution is 7.80. The summed E-state index contributed by atoms with van der Waals surface area (Å²) in [6, 6.07) is 10.7. The Morgan fingerprint density at radius 2 is 1.86 bits per heavy atom. The van der Waals surface area contributed by atoms with E-state index in [-0.39, 0.29) is 0 Å². The molecule has 0 saturated heterocycles. The zero-order chi connectivity index (χ0) is 10.2. The Bertz CT molecular complexity index is 230. The highest BCUT2D eigenvalue weighted by Crippen LogP contribution is 2.14. The molecule has 0 fully saturated rings. The predicted octanol–water partition coefficient (Wildman–Crippen LogP) is 3.97. The van der Waals surface area contributed by atoms with E-state index in [1.807, 2.05) is 0 Å². The van der Waals surface area contributed by atoms with Crippen molar-refractivity contribution in [3.05, 3.63) is 35.9 Å². The highest BCUT2D eigenvalue weighted by atomic mass is 32.1. The lowest BCUT2D eigenvalue weighted by Gasteiger charge is -2.09. The molecule has 1 aromatic carbocycles. The van der Waals surface area contributed by atoms with Crippen molar-refractivity contribution in [3.63, 3.8) is 0 Å². The molecule has 0 radical (unpaired) electrons. The van der Waals surface area contributed by atoms with Gasteiger partial charge >= 0.3 is 0 Å². The van der Waals surface area contributed by atoms with E-state index in [1.54, 1.807) is 0 Å². The Balaban J connectivity index is 2.20. The van der Waals surface area contributed by atoms with Crippen LogP contribution in [-0.2, 0) is 6.42 Å². The zero-order valence-corrected chi connectivity index (χ0v) is 9.84. The largest absolute Gasteiger partial charge is 0.179 e. The normalized spacial score (nSPS) is 12.7. The van der Waals surface area contributed by atoms with Crippen molar-refractivity contribution in [2.75, 3.05) is 5.75 Å². The third kappa shape index (κ3) is 4.71. The van der Waals surface area contributed by atoms with Crippen LogP contribution in [0.2, 0.25) is 0 Å². The van der Waals surface area contributed by atoms with Crippen LogP contribution in [0.3, 0.4) is 0 Å². The summed E-state index contributed by atoms with van der Waals surface area (Å²) in [4.78, 5) is 0. The Kier molecular flexibility index (Phi) is 5.77. The van der Waals surface area contributed by atoms with Gasteiger partial charge in [0.2, 0.25) is 0 Å². The summed E-state index contributed by atoms with van der Waals surface area (Å²) in [6.07, 6.45) is 5.09. The second-order valence-electron chi connectivity index (χ2n) is 4.00. The molecule has 0 N–H and O–H groups in total. The van der Waals surface area contributed by atoms with Crippen molar-refractivity contribution < 1.29 is 0 Å². The number of benzene rings is 1. The number of aryl methyl sites for hydroxylation is 1. The van der Waals surface area contributed by atoms with Crippen molar-refractivity contribution >= 4 is 12.6 Å². The number of thiol groups is 1. The fourth-order valence-corrected chi connectivity index (χ4v) is 1.82. The number of hydrogen-bond donors (Lipinski definition) is 1. The molecule has 0 heterocycles. The minimum absolute atomic E-state index is 0.836. The maximum absolute atomic E-state index is 4.23. The van der Waals surface area contributed by atoms with E-state index in [9.17, 15) is 0 Å². The maximum Gasteiger partial charge on any atom is -0.00978 e.